The summed E-state index contributed by atoms with van der Waals surface area (Å²) in [7, 11) is 4.27. The minimum absolute atomic E-state index is 0.188. The van der Waals surface area contributed by atoms with Gasteiger partial charge < -0.3 is 10.2 Å². The van der Waals surface area contributed by atoms with Crippen LogP contribution in [0.3, 0.4) is 0 Å². The summed E-state index contributed by atoms with van der Waals surface area (Å²) in [5.74, 6) is 1.47. The average Bonchev–Trinajstić information content (AvgIpc) is 3.02. The van der Waals surface area contributed by atoms with Crippen LogP contribution in [0.1, 0.15) is 48.6 Å². The summed E-state index contributed by atoms with van der Waals surface area (Å²) in [6.45, 7) is 2.14. The van der Waals surface area contributed by atoms with E-state index in [2.05, 4.69) is 52.1 Å². The van der Waals surface area contributed by atoms with Gasteiger partial charge in [-0.25, -0.2) is 0 Å². The standard InChI is InChI=1S/C25H27ClN4O/c1-29(2)17-13-25(14-17)18-7-6-16(15-8-10-27-11-9-15)12-21(18)30-20-5-3-4-19(26)22(20)23(31)28-24(25)30/h3-7,12,15,17,27H,8-11,13-14H2,1-2H3. The van der Waals surface area contributed by atoms with Gasteiger partial charge in [-0.3, -0.25) is 9.36 Å². The normalized spacial score (nSPS) is 25.1. The minimum Gasteiger partial charge on any atom is -0.317 e. The monoisotopic (exact) mass is 434 g/mol. The number of aromatic nitrogens is 2. The Kier molecular flexibility index (Phi) is 4.33. The fraction of sp³-hybridized carbons (Fsp3) is 0.440. The van der Waals surface area contributed by atoms with E-state index in [4.69, 9.17) is 11.6 Å². The Hall–Kier alpha value is -2.21. The first kappa shape index (κ1) is 19.5. The number of piperidine rings is 1. The van der Waals surface area contributed by atoms with Crippen molar-refractivity contribution in [3.8, 4) is 5.69 Å². The van der Waals surface area contributed by atoms with Crippen LogP contribution in [0.4, 0.5) is 0 Å². The Morgan fingerprint density at radius 3 is 2.68 bits per heavy atom. The molecule has 160 valence electrons. The Bertz CT molecular complexity index is 1250. The number of nitrogens with zero attached hydrogens (tertiary/aromatic N) is 3. The van der Waals surface area contributed by atoms with E-state index in [0.717, 1.165) is 50.1 Å². The number of halogens is 1. The predicted molar refractivity (Wildman–Crippen MR) is 125 cm³/mol. The number of benzene rings is 2. The third kappa shape index (κ3) is 2.70. The third-order valence-corrected chi connectivity index (χ3v) is 8.10. The predicted octanol–water partition coefficient (Wildman–Crippen LogP) is 3.83. The van der Waals surface area contributed by atoms with Gasteiger partial charge in [-0.1, -0.05) is 29.8 Å². The molecule has 1 spiro atoms. The van der Waals surface area contributed by atoms with Crippen LogP contribution < -0.4 is 10.9 Å². The van der Waals surface area contributed by atoms with E-state index in [0.29, 0.717) is 22.4 Å². The van der Waals surface area contributed by atoms with Crippen molar-refractivity contribution in [3.05, 3.63) is 68.7 Å². The molecular formula is C25H27ClN4O. The van der Waals surface area contributed by atoms with Gasteiger partial charge in [0.25, 0.3) is 5.56 Å². The lowest BCUT2D eigenvalue weighted by Crippen LogP contribution is -2.51. The van der Waals surface area contributed by atoms with Gasteiger partial charge >= 0.3 is 0 Å². The summed E-state index contributed by atoms with van der Waals surface area (Å²) in [6, 6.07) is 13.2. The summed E-state index contributed by atoms with van der Waals surface area (Å²) >= 11 is 6.46. The molecule has 5 nitrogen and oxygen atoms in total. The van der Waals surface area contributed by atoms with Crippen molar-refractivity contribution in [2.45, 2.75) is 43.1 Å². The minimum atomic E-state index is -0.217. The summed E-state index contributed by atoms with van der Waals surface area (Å²) in [5, 5.41) is 4.46. The van der Waals surface area contributed by atoms with E-state index < -0.39 is 0 Å². The second-order valence-corrected chi connectivity index (χ2v) is 10.0. The van der Waals surface area contributed by atoms with Crippen LogP contribution in [-0.4, -0.2) is 47.7 Å². The van der Waals surface area contributed by atoms with Crippen molar-refractivity contribution in [1.82, 2.24) is 19.8 Å². The molecule has 1 N–H and O–H groups in total. The van der Waals surface area contributed by atoms with Gasteiger partial charge in [-0.05, 0) is 88.1 Å². The van der Waals surface area contributed by atoms with Crippen LogP contribution in [0, 0.1) is 0 Å². The van der Waals surface area contributed by atoms with Crippen LogP contribution >= 0.6 is 11.6 Å². The maximum atomic E-state index is 13.0. The molecule has 1 saturated heterocycles. The van der Waals surface area contributed by atoms with Crippen molar-refractivity contribution in [2.24, 2.45) is 0 Å². The van der Waals surface area contributed by atoms with E-state index in [1.165, 1.54) is 16.8 Å². The summed E-state index contributed by atoms with van der Waals surface area (Å²) in [5.41, 5.74) is 4.35. The number of fused-ring (bicyclic) bond motifs is 7. The second kappa shape index (κ2) is 6.89. The molecule has 0 bridgehead atoms. The molecule has 6 rings (SSSR count). The van der Waals surface area contributed by atoms with Crippen molar-refractivity contribution in [3.63, 3.8) is 0 Å². The first-order valence-corrected chi connectivity index (χ1v) is 11.6. The summed E-state index contributed by atoms with van der Waals surface area (Å²) in [6.07, 6.45) is 4.29. The molecule has 31 heavy (non-hydrogen) atoms. The molecule has 1 aliphatic carbocycles. The smallest absolute Gasteiger partial charge is 0.282 e. The molecule has 3 aliphatic rings. The highest BCUT2D eigenvalue weighted by Crippen LogP contribution is 2.56. The topological polar surface area (TPSA) is 50.2 Å². The zero-order chi connectivity index (χ0) is 21.3. The van der Waals surface area contributed by atoms with Gasteiger partial charge in [0.05, 0.1) is 27.0 Å². The van der Waals surface area contributed by atoms with Crippen LogP contribution in [0.25, 0.3) is 16.6 Å². The highest BCUT2D eigenvalue weighted by Gasteiger charge is 2.55. The number of nitrogens with one attached hydrogen (secondary N) is 1. The lowest BCUT2D eigenvalue weighted by molar-refractivity contribution is 0.114. The molecule has 0 radical (unpaired) electrons. The van der Waals surface area contributed by atoms with Crippen molar-refractivity contribution in [1.29, 1.82) is 0 Å². The molecular weight excluding hydrogens is 408 g/mol. The molecule has 1 saturated carbocycles. The average molecular weight is 435 g/mol. The Morgan fingerprint density at radius 2 is 1.94 bits per heavy atom. The van der Waals surface area contributed by atoms with Gasteiger partial charge in [0.15, 0.2) is 0 Å². The Morgan fingerprint density at radius 1 is 1.16 bits per heavy atom. The largest absolute Gasteiger partial charge is 0.317 e. The van der Waals surface area contributed by atoms with Crippen LogP contribution in [0.2, 0.25) is 5.02 Å². The molecule has 2 aliphatic heterocycles. The SMILES string of the molecule is CN(C)C1CC2(C1)c1ccc(C3CCNCC3)cc1-n1c2nc(=O)c2c(Cl)cccc21. The first-order valence-electron chi connectivity index (χ1n) is 11.2. The molecule has 0 amide bonds. The van der Waals surface area contributed by atoms with Gasteiger partial charge in [0.1, 0.15) is 5.82 Å². The number of hydrogen-bond acceptors (Lipinski definition) is 4. The van der Waals surface area contributed by atoms with Crippen LogP contribution in [-0.2, 0) is 5.41 Å². The lowest BCUT2D eigenvalue weighted by Gasteiger charge is -2.48. The molecule has 1 aromatic heterocycles. The molecule has 2 aromatic carbocycles. The zero-order valence-corrected chi connectivity index (χ0v) is 18.7. The van der Waals surface area contributed by atoms with Crippen molar-refractivity contribution in [2.75, 3.05) is 27.2 Å². The molecule has 3 aromatic rings. The molecule has 0 unspecified atom stereocenters. The third-order valence-electron chi connectivity index (χ3n) is 7.78. The highest BCUT2D eigenvalue weighted by atomic mass is 35.5. The zero-order valence-electron chi connectivity index (χ0n) is 18.0. The maximum Gasteiger partial charge on any atom is 0.282 e. The van der Waals surface area contributed by atoms with E-state index in [9.17, 15) is 4.79 Å². The van der Waals surface area contributed by atoms with Gasteiger partial charge in [-0.2, -0.15) is 4.98 Å². The molecule has 0 atom stereocenters. The highest BCUT2D eigenvalue weighted by molar-refractivity contribution is 6.35. The molecule has 2 fully saturated rings. The lowest BCUT2D eigenvalue weighted by atomic mass is 9.61. The van der Waals surface area contributed by atoms with E-state index >= 15 is 0 Å². The fourth-order valence-electron chi connectivity index (χ4n) is 5.97. The van der Waals surface area contributed by atoms with E-state index in [1.54, 1.807) is 6.07 Å². The van der Waals surface area contributed by atoms with Crippen molar-refractivity contribution < 1.29 is 0 Å². The first-order chi connectivity index (χ1) is 15.0. The Balaban J connectivity index is 1.61. The van der Waals surface area contributed by atoms with Crippen molar-refractivity contribution >= 4 is 22.5 Å². The fourth-order valence-corrected chi connectivity index (χ4v) is 6.22. The van der Waals surface area contributed by atoms with Crippen LogP contribution in [0.5, 0.6) is 0 Å². The Labute approximate surface area is 187 Å². The van der Waals surface area contributed by atoms with Crippen LogP contribution in [0.15, 0.2) is 41.2 Å². The van der Waals surface area contributed by atoms with E-state index in [-0.39, 0.29) is 11.0 Å². The maximum absolute atomic E-state index is 13.0. The van der Waals surface area contributed by atoms with Gasteiger partial charge in [-0.15, -0.1) is 0 Å². The van der Waals surface area contributed by atoms with Gasteiger partial charge in [0, 0.05) is 6.04 Å². The van der Waals surface area contributed by atoms with E-state index in [1.807, 2.05) is 12.1 Å². The number of hydrogen-bond donors (Lipinski definition) is 1. The molecule has 3 heterocycles. The second-order valence-electron chi connectivity index (χ2n) is 9.62. The van der Waals surface area contributed by atoms with Gasteiger partial charge in [0.2, 0.25) is 0 Å². The summed E-state index contributed by atoms with van der Waals surface area (Å²) < 4.78 is 2.23. The molecule has 6 heteroatoms. The quantitative estimate of drug-likeness (QED) is 0.666. The summed E-state index contributed by atoms with van der Waals surface area (Å²) in [4.78, 5) is 20.0. The number of rotatable bonds is 2.